The number of hydrogen-bond donors (Lipinski definition) is 1. The fraction of sp³-hybridized carbons (Fsp3) is 0.0714. The lowest BCUT2D eigenvalue weighted by Gasteiger charge is -2.20. The third-order valence-electron chi connectivity index (χ3n) is 5.64. The normalized spacial score (nSPS) is 11.2. The third-order valence-corrected chi connectivity index (χ3v) is 5.64. The van der Waals surface area contributed by atoms with Crippen molar-refractivity contribution < 1.29 is 5.11 Å². The second-order valence-electron chi connectivity index (χ2n) is 7.34. The van der Waals surface area contributed by atoms with Crippen LogP contribution in [0.1, 0.15) is 5.56 Å². The molecule has 0 saturated heterocycles. The van der Waals surface area contributed by atoms with Gasteiger partial charge in [0.25, 0.3) is 0 Å². The number of hydrogen-bond acceptors (Lipinski definition) is 1. The molecule has 29 heavy (non-hydrogen) atoms. The highest BCUT2D eigenvalue weighted by Crippen LogP contribution is 2.44. The van der Waals surface area contributed by atoms with E-state index in [0.717, 1.165) is 0 Å². The van der Waals surface area contributed by atoms with Crippen LogP contribution >= 0.6 is 0 Å². The van der Waals surface area contributed by atoms with Gasteiger partial charge in [0.15, 0.2) is 0 Å². The monoisotopic (exact) mass is 374 g/mol. The predicted octanol–water partition coefficient (Wildman–Crippen LogP) is 6.86. The van der Waals surface area contributed by atoms with Crippen molar-refractivity contribution in [3.8, 4) is 22.3 Å². The molecule has 0 amide bonds. The van der Waals surface area contributed by atoms with E-state index in [1.165, 1.54) is 49.4 Å². The molecule has 5 aromatic carbocycles. The number of aliphatic hydroxyl groups excluding tert-OH is 1. The summed E-state index contributed by atoms with van der Waals surface area (Å²) in [4.78, 5) is 0. The number of benzene rings is 5. The maximum absolute atomic E-state index is 9.74. The summed E-state index contributed by atoms with van der Waals surface area (Å²) in [6.45, 7) is 0.140. The minimum Gasteiger partial charge on any atom is -0.396 e. The Balaban J connectivity index is 2.04. The van der Waals surface area contributed by atoms with Gasteiger partial charge < -0.3 is 5.11 Å². The van der Waals surface area contributed by atoms with Gasteiger partial charge in [-0.05, 0) is 55.8 Å². The third kappa shape index (κ3) is 3.00. The molecule has 5 aromatic rings. The zero-order chi connectivity index (χ0) is 19.6. The standard InChI is InChI=1S/C28H22O/c29-19-18-22-14-9-17-25-26(20-10-3-1-4-11-20)23-15-7-8-16-24(23)27(28(22)25)21-12-5-2-6-13-21/h1-17,29H,18-19H2. The summed E-state index contributed by atoms with van der Waals surface area (Å²) in [6.07, 6.45) is 0.643. The summed E-state index contributed by atoms with van der Waals surface area (Å²) in [7, 11) is 0. The molecule has 0 aliphatic rings. The van der Waals surface area contributed by atoms with Crippen molar-refractivity contribution in [2.75, 3.05) is 6.61 Å². The first kappa shape index (κ1) is 17.7. The van der Waals surface area contributed by atoms with Crippen molar-refractivity contribution >= 4 is 21.5 Å². The van der Waals surface area contributed by atoms with Crippen molar-refractivity contribution in [2.24, 2.45) is 0 Å². The summed E-state index contributed by atoms with van der Waals surface area (Å²) in [5.41, 5.74) is 6.12. The van der Waals surface area contributed by atoms with Crippen LogP contribution in [0.15, 0.2) is 103 Å². The Labute approximate surface area is 170 Å². The highest BCUT2D eigenvalue weighted by atomic mass is 16.2. The van der Waals surface area contributed by atoms with Crippen LogP contribution < -0.4 is 0 Å². The van der Waals surface area contributed by atoms with Crippen LogP contribution in [-0.2, 0) is 6.42 Å². The Morgan fingerprint density at radius 3 is 1.62 bits per heavy atom. The van der Waals surface area contributed by atoms with Crippen LogP contribution in [0.4, 0.5) is 0 Å². The molecule has 140 valence electrons. The molecule has 0 aliphatic heterocycles. The molecule has 1 N–H and O–H groups in total. The summed E-state index contributed by atoms with van der Waals surface area (Å²) in [5.74, 6) is 0. The molecule has 0 spiro atoms. The molecule has 0 fully saturated rings. The summed E-state index contributed by atoms with van der Waals surface area (Å²) >= 11 is 0. The highest BCUT2D eigenvalue weighted by molar-refractivity contribution is 6.22. The molecular formula is C28H22O. The quantitative estimate of drug-likeness (QED) is 0.341. The minimum absolute atomic E-state index is 0.140. The SMILES string of the molecule is OCCc1cccc2c(-c3ccccc3)c3ccccc3c(-c3ccccc3)c12. The van der Waals surface area contributed by atoms with Crippen molar-refractivity contribution in [1.29, 1.82) is 0 Å². The van der Waals surface area contributed by atoms with Crippen molar-refractivity contribution in [1.82, 2.24) is 0 Å². The molecule has 0 aromatic heterocycles. The summed E-state index contributed by atoms with van der Waals surface area (Å²) in [6, 6.07) is 36.4. The van der Waals surface area contributed by atoms with Crippen molar-refractivity contribution in [3.05, 3.63) is 109 Å². The van der Waals surface area contributed by atoms with Gasteiger partial charge in [-0.3, -0.25) is 0 Å². The van der Waals surface area contributed by atoms with E-state index in [2.05, 4.69) is 103 Å². The second-order valence-corrected chi connectivity index (χ2v) is 7.34. The number of aliphatic hydroxyl groups is 1. The predicted molar refractivity (Wildman–Crippen MR) is 123 cm³/mol. The first-order valence-corrected chi connectivity index (χ1v) is 10.1. The van der Waals surface area contributed by atoms with Crippen LogP contribution in [0.3, 0.4) is 0 Å². The lowest BCUT2D eigenvalue weighted by Crippen LogP contribution is -1.97. The van der Waals surface area contributed by atoms with Crippen molar-refractivity contribution in [3.63, 3.8) is 0 Å². The van der Waals surface area contributed by atoms with E-state index in [9.17, 15) is 5.11 Å². The van der Waals surface area contributed by atoms with Gasteiger partial charge in [0, 0.05) is 6.61 Å². The molecular weight excluding hydrogens is 352 g/mol. The molecule has 0 unspecified atom stereocenters. The van der Waals surface area contributed by atoms with Crippen LogP contribution in [-0.4, -0.2) is 11.7 Å². The van der Waals surface area contributed by atoms with Crippen molar-refractivity contribution in [2.45, 2.75) is 6.42 Å². The molecule has 0 heterocycles. The molecule has 0 radical (unpaired) electrons. The van der Waals surface area contributed by atoms with Gasteiger partial charge in [-0.25, -0.2) is 0 Å². The van der Waals surface area contributed by atoms with E-state index < -0.39 is 0 Å². The van der Waals surface area contributed by atoms with E-state index in [0.29, 0.717) is 6.42 Å². The second kappa shape index (κ2) is 7.54. The molecule has 0 saturated carbocycles. The minimum atomic E-state index is 0.140. The van der Waals surface area contributed by atoms with Gasteiger partial charge in [0.05, 0.1) is 0 Å². The smallest absolute Gasteiger partial charge is 0.0471 e. The first-order chi connectivity index (χ1) is 14.4. The van der Waals surface area contributed by atoms with Crippen LogP contribution in [0.5, 0.6) is 0 Å². The van der Waals surface area contributed by atoms with E-state index in [1.807, 2.05) is 0 Å². The Kier molecular flexibility index (Phi) is 4.59. The van der Waals surface area contributed by atoms with Crippen LogP contribution in [0.25, 0.3) is 43.8 Å². The van der Waals surface area contributed by atoms with E-state index in [4.69, 9.17) is 0 Å². The molecule has 0 atom stereocenters. The van der Waals surface area contributed by atoms with Gasteiger partial charge in [-0.2, -0.15) is 0 Å². The maximum Gasteiger partial charge on any atom is 0.0471 e. The zero-order valence-electron chi connectivity index (χ0n) is 16.2. The molecule has 1 nitrogen and oxygen atoms in total. The highest BCUT2D eigenvalue weighted by Gasteiger charge is 2.18. The summed E-state index contributed by atoms with van der Waals surface area (Å²) < 4.78 is 0. The fourth-order valence-corrected chi connectivity index (χ4v) is 4.45. The first-order valence-electron chi connectivity index (χ1n) is 10.1. The van der Waals surface area contributed by atoms with E-state index in [-0.39, 0.29) is 6.61 Å². The van der Waals surface area contributed by atoms with Gasteiger partial charge >= 0.3 is 0 Å². The van der Waals surface area contributed by atoms with Gasteiger partial charge in [-0.15, -0.1) is 0 Å². The van der Waals surface area contributed by atoms with Gasteiger partial charge in [-0.1, -0.05) is 103 Å². The van der Waals surface area contributed by atoms with Crippen LogP contribution in [0.2, 0.25) is 0 Å². The Hall–Kier alpha value is -3.42. The lowest BCUT2D eigenvalue weighted by molar-refractivity contribution is 0.300. The molecule has 1 heteroatoms. The average Bonchev–Trinajstić information content (AvgIpc) is 2.79. The van der Waals surface area contributed by atoms with Gasteiger partial charge in [0.2, 0.25) is 0 Å². The Morgan fingerprint density at radius 1 is 0.483 bits per heavy atom. The fourth-order valence-electron chi connectivity index (χ4n) is 4.45. The Morgan fingerprint density at radius 2 is 1.00 bits per heavy atom. The molecule has 0 aliphatic carbocycles. The average molecular weight is 374 g/mol. The number of fused-ring (bicyclic) bond motifs is 2. The van der Waals surface area contributed by atoms with E-state index in [1.54, 1.807) is 0 Å². The zero-order valence-corrected chi connectivity index (χ0v) is 16.2. The topological polar surface area (TPSA) is 20.2 Å². The largest absolute Gasteiger partial charge is 0.396 e. The lowest BCUT2D eigenvalue weighted by atomic mass is 9.84. The van der Waals surface area contributed by atoms with Crippen LogP contribution in [0, 0.1) is 0 Å². The van der Waals surface area contributed by atoms with E-state index >= 15 is 0 Å². The number of rotatable bonds is 4. The maximum atomic E-state index is 9.74. The molecule has 0 bridgehead atoms. The van der Waals surface area contributed by atoms with Gasteiger partial charge in [0.1, 0.15) is 0 Å². The Bertz CT molecular complexity index is 1290. The molecule has 5 rings (SSSR count). The summed E-state index contributed by atoms with van der Waals surface area (Å²) in [5, 5.41) is 14.7.